The number of para-hydroxylation sites is 1. The summed E-state index contributed by atoms with van der Waals surface area (Å²) in [6, 6.07) is 36.0. The first-order chi connectivity index (χ1) is 18.1. The van der Waals surface area contributed by atoms with Crippen LogP contribution in [0.25, 0.3) is 0 Å². The second-order valence-electron chi connectivity index (χ2n) is 8.50. The minimum atomic E-state index is -0.599. The van der Waals surface area contributed by atoms with Crippen LogP contribution in [0.15, 0.2) is 120 Å². The predicted molar refractivity (Wildman–Crippen MR) is 152 cm³/mol. The third-order valence-corrected chi connectivity index (χ3v) is 7.28. The standard InChI is InChI=1S/C30H24ClN3O2S/c31-23-16-18-24(19-17-23)32-30(33-28(21-10-4-1-5-11-21)22-12-6-2-7-13-22)37-26-20-27(35)34(29(26)36)25-14-8-3-9-15-25/h1-19,26,28H,20H2,(H,32,33)/t26-/m0/s1. The molecule has 5 rings (SSSR count). The van der Waals surface area contributed by atoms with Gasteiger partial charge in [-0.15, -0.1) is 0 Å². The minimum Gasteiger partial charge on any atom is -0.335 e. The van der Waals surface area contributed by atoms with Crippen LogP contribution in [-0.2, 0) is 9.59 Å². The smallest absolute Gasteiger partial charge is 0.247 e. The van der Waals surface area contributed by atoms with Crippen LogP contribution in [0.1, 0.15) is 23.6 Å². The summed E-state index contributed by atoms with van der Waals surface area (Å²) in [5.74, 6) is -0.468. The van der Waals surface area contributed by atoms with Crippen molar-refractivity contribution in [2.75, 3.05) is 10.2 Å². The number of hydrogen-bond acceptors (Lipinski definition) is 4. The Morgan fingerprint density at radius 3 is 1.92 bits per heavy atom. The Hall–Kier alpha value is -3.87. The van der Waals surface area contributed by atoms with Gasteiger partial charge in [0.05, 0.1) is 5.69 Å². The number of thioether (sulfide) groups is 1. The summed E-state index contributed by atoms with van der Waals surface area (Å²) in [6.45, 7) is 0. The van der Waals surface area contributed by atoms with Crippen molar-refractivity contribution in [3.8, 4) is 0 Å². The third-order valence-electron chi connectivity index (χ3n) is 5.95. The molecule has 1 saturated heterocycles. The van der Waals surface area contributed by atoms with Gasteiger partial charge in [-0.2, -0.15) is 0 Å². The number of imide groups is 1. The van der Waals surface area contributed by atoms with E-state index in [-0.39, 0.29) is 24.3 Å². The Kier molecular flexibility index (Phi) is 7.68. The van der Waals surface area contributed by atoms with Crippen LogP contribution in [0.5, 0.6) is 0 Å². The molecule has 0 radical (unpaired) electrons. The zero-order valence-electron chi connectivity index (χ0n) is 19.8. The maximum absolute atomic E-state index is 13.4. The topological polar surface area (TPSA) is 61.8 Å². The number of amidine groups is 1. The fourth-order valence-electron chi connectivity index (χ4n) is 4.16. The number of hydrogen-bond donors (Lipinski definition) is 1. The van der Waals surface area contributed by atoms with Crippen LogP contribution >= 0.6 is 23.4 Å². The average molecular weight is 526 g/mol. The molecule has 1 fully saturated rings. The molecule has 184 valence electrons. The van der Waals surface area contributed by atoms with Gasteiger partial charge < -0.3 is 5.32 Å². The summed E-state index contributed by atoms with van der Waals surface area (Å²) >= 11 is 7.36. The molecule has 1 aliphatic heterocycles. The van der Waals surface area contributed by atoms with Gasteiger partial charge in [-0.3, -0.25) is 9.59 Å². The van der Waals surface area contributed by atoms with Crippen molar-refractivity contribution in [2.24, 2.45) is 4.99 Å². The highest BCUT2D eigenvalue weighted by atomic mass is 35.5. The van der Waals surface area contributed by atoms with Gasteiger partial charge in [0.1, 0.15) is 11.3 Å². The summed E-state index contributed by atoms with van der Waals surface area (Å²) in [5, 5.41) is 3.93. The highest BCUT2D eigenvalue weighted by Crippen LogP contribution is 2.33. The van der Waals surface area contributed by atoms with E-state index in [0.717, 1.165) is 16.8 Å². The minimum absolute atomic E-state index is 0.0983. The summed E-state index contributed by atoms with van der Waals surface area (Å²) in [7, 11) is 0. The van der Waals surface area contributed by atoms with E-state index < -0.39 is 5.25 Å². The number of nitrogens with one attached hydrogen (secondary N) is 1. The van der Waals surface area contributed by atoms with Gasteiger partial charge in [0.25, 0.3) is 0 Å². The van der Waals surface area contributed by atoms with Gasteiger partial charge in [-0.25, -0.2) is 9.89 Å². The van der Waals surface area contributed by atoms with Crippen LogP contribution in [0.3, 0.4) is 0 Å². The molecule has 1 heterocycles. The van der Waals surface area contributed by atoms with E-state index in [1.165, 1.54) is 16.7 Å². The zero-order valence-corrected chi connectivity index (χ0v) is 21.4. The molecule has 0 unspecified atom stereocenters. The number of carbonyl (C=O) groups is 2. The molecule has 0 spiro atoms. The number of aliphatic imine (C=N–C) groups is 1. The lowest BCUT2D eigenvalue weighted by atomic mass is 9.99. The SMILES string of the molecule is O=C1C[C@H](SC(=NC(c2ccccc2)c2ccccc2)Nc2ccc(Cl)cc2)C(=O)N1c1ccccc1. The number of nitrogens with zero attached hydrogens (tertiary/aromatic N) is 2. The maximum Gasteiger partial charge on any atom is 0.247 e. The first-order valence-corrected chi connectivity index (χ1v) is 13.1. The Balaban J connectivity index is 1.50. The van der Waals surface area contributed by atoms with E-state index in [9.17, 15) is 9.59 Å². The summed E-state index contributed by atoms with van der Waals surface area (Å²) in [5.41, 5.74) is 3.40. The first-order valence-electron chi connectivity index (χ1n) is 11.9. The summed E-state index contributed by atoms with van der Waals surface area (Å²) in [6.07, 6.45) is 0.0983. The molecule has 0 aliphatic carbocycles. The largest absolute Gasteiger partial charge is 0.335 e. The predicted octanol–water partition coefficient (Wildman–Crippen LogP) is 6.96. The Labute approximate surface area is 225 Å². The molecule has 7 heteroatoms. The average Bonchev–Trinajstić information content (AvgIpc) is 3.22. The van der Waals surface area contributed by atoms with E-state index in [0.29, 0.717) is 15.9 Å². The number of anilines is 2. The zero-order chi connectivity index (χ0) is 25.6. The third kappa shape index (κ3) is 5.93. The van der Waals surface area contributed by atoms with E-state index >= 15 is 0 Å². The van der Waals surface area contributed by atoms with E-state index in [1.54, 1.807) is 24.3 Å². The van der Waals surface area contributed by atoms with Crippen LogP contribution < -0.4 is 10.2 Å². The molecule has 5 nitrogen and oxygen atoms in total. The van der Waals surface area contributed by atoms with Crippen molar-refractivity contribution in [1.82, 2.24) is 0 Å². The number of amides is 2. The fraction of sp³-hybridized carbons (Fsp3) is 0.100. The van der Waals surface area contributed by atoms with Crippen molar-refractivity contribution in [2.45, 2.75) is 17.7 Å². The van der Waals surface area contributed by atoms with Gasteiger partial charge >= 0.3 is 0 Å². The molecule has 1 aliphatic rings. The van der Waals surface area contributed by atoms with Crippen LogP contribution in [0.4, 0.5) is 11.4 Å². The molecule has 4 aromatic rings. The van der Waals surface area contributed by atoms with Crippen LogP contribution in [0.2, 0.25) is 5.02 Å². The molecule has 4 aromatic carbocycles. The van der Waals surface area contributed by atoms with Crippen molar-refractivity contribution in [3.63, 3.8) is 0 Å². The Morgan fingerprint density at radius 2 is 1.35 bits per heavy atom. The quantitative estimate of drug-likeness (QED) is 0.168. The lowest BCUT2D eigenvalue weighted by Gasteiger charge is -2.19. The molecule has 37 heavy (non-hydrogen) atoms. The number of rotatable bonds is 6. The van der Waals surface area contributed by atoms with Crippen molar-refractivity contribution in [3.05, 3.63) is 131 Å². The van der Waals surface area contributed by atoms with Gasteiger partial charge in [-0.05, 0) is 47.5 Å². The maximum atomic E-state index is 13.4. The second-order valence-corrected chi connectivity index (χ2v) is 10.1. The van der Waals surface area contributed by atoms with E-state index in [4.69, 9.17) is 16.6 Å². The second kappa shape index (κ2) is 11.5. The molecule has 0 saturated carbocycles. The number of halogens is 1. The normalized spacial score (nSPS) is 15.9. The van der Waals surface area contributed by atoms with Gasteiger partial charge in [0.2, 0.25) is 11.8 Å². The molecule has 1 N–H and O–H groups in total. The first kappa shape index (κ1) is 24.8. The molecule has 2 amide bonds. The number of carbonyl (C=O) groups excluding carboxylic acids is 2. The number of benzene rings is 4. The van der Waals surface area contributed by atoms with Crippen LogP contribution in [0, 0.1) is 0 Å². The molecular weight excluding hydrogens is 502 g/mol. The highest BCUT2D eigenvalue weighted by Gasteiger charge is 2.41. The van der Waals surface area contributed by atoms with E-state index in [1.807, 2.05) is 91.0 Å². The summed E-state index contributed by atoms with van der Waals surface area (Å²) < 4.78 is 0. The van der Waals surface area contributed by atoms with Gasteiger partial charge in [0, 0.05) is 17.1 Å². The lowest BCUT2D eigenvalue weighted by molar-refractivity contribution is -0.121. The molecule has 1 atom stereocenters. The molecular formula is C30H24ClN3O2S. The highest BCUT2D eigenvalue weighted by molar-refractivity contribution is 8.15. The molecule has 0 bridgehead atoms. The van der Waals surface area contributed by atoms with Crippen molar-refractivity contribution < 1.29 is 9.59 Å². The van der Waals surface area contributed by atoms with Gasteiger partial charge in [-0.1, -0.05) is 102 Å². The Bertz CT molecular complexity index is 1360. The van der Waals surface area contributed by atoms with Gasteiger partial charge in [0.15, 0.2) is 5.17 Å². The molecule has 0 aromatic heterocycles. The Morgan fingerprint density at radius 1 is 0.811 bits per heavy atom. The monoisotopic (exact) mass is 525 g/mol. The lowest BCUT2D eigenvalue weighted by Crippen LogP contribution is -2.31. The summed E-state index contributed by atoms with van der Waals surface area (Å²) in [4.78, 5) is 32.6. The van der Waals surface area contributed by atoms with Crippen molar-refractivity contribution in [1.29, 1.82) is 0 Å². The fourth-order valence-corrected chi connectivity index (χ4v) is 5.33. The van der Waals surface area contributed by atoms with Crippen molar-refractivity contribution >= 4 is 51.7 Å². The van der Waals surface area contributed by atoms with Crippen LogP contribution in [-0.4, -0.2) is 22.2 Å². The van der Waals surface area contributed by atoms with E-state index in [2.05, 4.69) is 5.32 Å².